The van der Waals surface area contributed by atoms with Crippen molar-refractivity contribution >= 4 is 5.97 Å². The summed E-state index contributed by atoms with van der Waals surface area (Å²) < 4.78 is 39.1. The zero-order valence-corrected chi connectivity index (χ0v) is 19.1. The van der Waals surface area contributed by atoms with Crippen molar-refractivity contribution in [1.82, 2.24) is 4.90 Å². The fourth-order valence-corrected chi connectivity index (χ4v) is 4.11. The van der Waals surface area contributed by atoms with Gasteiger partial charge in [0.05, 0.1) is 11.6 Å². The summed E-state index contributed by atoms with van der Waals surface area (Å²) in [6.45, 7) is 11.1. The lowest BCUT2D eigenvalue weighted by Gasteiger charge is -2.43. The number of carbonyl (C=O) groups is 1. The van der Waals surface area contributed by atoms with Crippen molar-refractivity contribution in [2.24, 2.45) is 17.3 Å². The molecule has 1 N–H and O–H groups in total. The van der Waals surface area contributed by atoms with Crippen molar-refractivity contribution in [1.29, 1.82) is 0 Å². The standard InChI is InChI=1S/C25H34F3NO2/c1-17(2)14-21(10-12-24(3,4)5)29-13-11-18(16-23(30)31)15-22(29)19-6-8-20(9-7-19)25(26,27)28/h6-9,17-18,21-22H,11,13-16H2,1-5H3,(H,30,31)/t18-,21-,22+/m1/s1. The van der Waals surface area contributed by atoms with Gasteiger partial charge in [-0.15, -0.1) is 0 Å². The lowest BCUT2D eigenvalue weighted by atomic mass is 9.83. The Labute approximate surface area is 184 Å². The van der Waals surface area contributed by atoms with E-state index in [-0.39, 0.29) is 29.8 Å². The van der Waals surface area contributed by atoms with Crippen molar-refractivity contribution in [3.05, 3.63) is 35.4 Å². The highest BCUT2D eigenvalue weighted by Crippen LogP contribution is 2.39. The van der Waals surface area contributed by atoms with Gasteiger partial charge in [-0.3, -0.25) is 9.69 Å². The Kier molecular flexibility index (Phi) is 8.21. The number of nitrogens with zero attached hydrogens (tertiary/aromatic N) is 1. The lowest BCUT2D eigenvalue weighted by Crippen LogP contribution is -2.44. The minimum absolute atomic E-state index is 0.00341. The molecule has 2 rings (SSSR count). The number of carboxylic acids is 1. The van der Waals surface area contributed by atoms with Crippen molar-refractivity contribution in [3.63, 3.8) is 0 Å². The summed E-state index contributed by atoms with van der Waals surface area (Å²) in [6.07, 6.45) is -2.11. The zero-order chi connectivity index (χ0) is 23.4. The molecule has 1 aromatic carbocycles. The minimum Gasteiger partial charge on any atom is -0.481 e. The van der Waals surface area contributed by atoms with Crippen molar-refractivity contribution in [2.45, 2.75) is 78.6 Å². The molecule has 1 saturated heterocycles. The summed E-state index contributed by atoms with van der Waals surface area (Å²) in [5.41, 5.74) is -0.0397. The minimum atomic E-state index is -4.38. The van der Waals surface area contributed by atoms with Gasteiger partial charge in [0, 0.05) is 24.4 Å². The average Bonchev–Trinajstić information content (AvgIpc) is 2.63. The molecule has 6 heteroatoms. The monoisotopic (exact) mass is 437 g/mol. The van der Waals surface area contributed by atoms with Gasteiger partial charge in [0.15, 0.2) is 0 Å². The first-order valence-electron chi connectivity index (χ1n) is 10.9. The molecule has 1 aliphatic heterocycles. The third-order valence-electron chi connectivity index (χ3n) is 5.55. The number of piperidine rings is 1. The van der Waals surface area contributed by atoms with E-state index in [0.29, 0.717) is 18.9 Å². The summed E-state index contributed by atoms with van der Waals surface area (Å²) in [5, 5.41) is 9.26. The normalized spacial score (nSPS) is 21.5. The summed E-state index contributed by atoms with van der Waals surface area (Å²) in [7, 11) is 0. The molecule has 0 aliphatic carbocycles. The molecular weight excluding hydrogens is 403 g/mol. The Hall–Kier alpha value is -2.00. The first-order valence-corrected chi connectivity index (χ1v) is 10.9. The SMILES string of the molecule is CC(C)C[C@@H](C#CC(C)(C)C)N1CC[C@@H](CC(=O)O)C[C@H]1c1ccc(C(F)(F)F)cc1. The molecule has 3 nitrogen and oxygen atoms in total. The van der Waals surface area contributed by atoms with E-state index >= 15 is 0 Å². The van der Waals surface area contributed by atoms with Crippen LogP contribution in [-0.4, -0.2) is 28.6 Å². The van der Waals surface area contributed by atoms with Crippen LogP contribution in [0, 0.1) is 29.1 Å². The van der Waals surface area contributed by atoms with Crippen LogP contribution in [0.2, 0.25) is 0 Å². The Balaban J connectivity index is 2.41. The van der Waals surface area contributed by atoms with E-state index < -0.39 is 17.7 Å². The number of hydrogen-bond acceptors (Lipinski definition) is 2. The molecule has 31 heavy (non-hydrogen) atoms. The summed E-state index contributed by atoms with van der Waals surface area (Å²) in [4.78, 5) is 13.6. The molecule has 1 fully saturated rings. The number of rotatable bonds is 6. The van der Waals surface area contributed by atoms with Crippen molar-refractivity contribution in [3.8, 4) is 11.8 Å². The number of alkyl halides is 3. The Bertz CT molecular complexity index is 797. The molecule has 3 atom stereocenters. The van der Waals surface area contributed by atoms with E-state index in [2.05, 4.69) is 51.4 Å². The van der Waals surface area contributed by atoms with Gasteiger partial charge < -0.3 is 5.11 Å². The number of halogens is 3. The number of hydrogen-bond donors (Lipinski definition) is 1. The Morgan fingerprint density at radius 2 is 1.81 bits per heavy atom. The van der Waals surface area contributed by atoms with Crippen molar-refractivity contribution in [2.75, 3.05) is 6.54 Å². The fraction of sp³-hybridized carbons (Fsp3) is 0.640. The molecular formula is C25H34F3NO2. The lowest BCUT2D eigenvalue weighted by molar-refractivity contribution is -0.139. The van der Waals surface area contributed by atoms with Gasteiger partial charge in [-0.05, 0) is 69.6 Å². The smallest absolute Gasteiger partial charge is 0.416 e. The highest BCUT2D eigenvalue weighted by molar-refractivity contribution is 5.67. The van der Waals surface area contributed by atoms with Crippen LogP contribution in [0.5, 0.6) is 0 Å². The molecule has 172 valence electrons. The molecule has 0 radical (unpaired) electrons. The van der Waals surface area contributed by atoms with Crippen LogP contribution >= 0.6 is 0 Å². The van der Waals surface area contributed by atoms with E-state index in [9.17, 15) is 23.1 Å². The van der Waals surface area contributed by atoms with E-state index in [1.807, 2.05) is 0 Å². The zero-order valence-electron chi connectivity index (χ0n) is 19.1. The number of benzene rings is 1. The van der Waals surface area contributed by atoms with E-state index in [1.54, 1.807) is 0 Å². The summed E-state index contributed by atoms with van der Waals surface area (Å²) in [6, 6.07) is 5.12. The Morgan fingerprint density at radius 1 is 1.19 bits per heavy atom. The maximum Gasteiger partial charge on any atom is 0.416 e. The van der Waals surface area contributed by atoms with Gasteiger partial charge in [-0.25, -0.2) is 0 Å². The van der Waals surface area contributed by atoms with E-state index in [0.717, 1.165) is 30.5 Å². The van der Waals surface area contributed by atoms with E-state index in [1.165, 1.54) is 12.1 Å². The molecule has 0 spiro atoms. The second-order valence-corrected chi connectivity index (χ2v) is 10.0. The fourth-order valence-electron chi connectivity index (χ4n) is 4.11. The first kappa shape index (κ1) is 25.3. The van der Waals surface area contributed by atoms with Gasteiger partial charge in [-0.2, -0.15) is 13.2 Å². The predicted molar refractivity (Wildman–Crippen MR) is 116 cm³/mol. The van der Waals surface area contributed by atoms with Crippen LogP contribution in [0.3, 0.4) is 0 Å². The predicted octanol–water partition coefficient (Wildman–Crippen LogP) is 6.40. The maximum atomic E-state index is 13.0. The quantitative estimate of drug-likeness (QED) is 0.524. The van der Waals surface area contributed by atoms with E-state index in [4.69, 9.17) is 0 Å². The number of carboxylic acid groups (broad SMARTS) is 1. The van der Waals surface area contributed by atoms with Crippen LogP contribution in [0.25, 0.3) is 0 Å². The van der Waals surface area contributed by atoms with Gasteiger partial charge in [-0.1, -0.05) is 37.8 Å². The molecule has 0 bridgehead atoms. The molecule has 1 aromatic rings. The largest absolute Gasteiger partial charge is 0.481 e. The summed E-state index contributed by atoms with van der Waals surface area (Å²) >= 11 is 0. The van der Waals surface area contributed by atoms with Crippen LogP contribution in [0.1, 0.15) is 77.5 Å². The number of likely N-dealkylation sites (tertiary alicyclic amines) is 1. The second kappa shape index (κ2) is 10.1. The Morgan fingerprint density at radius 3 is 2.29 bits per heavy atom. The topological polar surface area (TPSA) is 40.5 Å². The molecule has 0 aromatic heterocycles. The molecule has 1 heterocycles. The second-order valence-electron chi connectivity index (χ2n) is 10.0. The first-order chi connectivity index (χ1) is 14.3. The molecule has 0 saturated carbocycles. The highest BCUT2D eigenvalue weighted by atomic mass is 19.4. The highest BCUT2D eigenvalue weighted by Gasteiger charge is 2.35. The van der Waals surface area contributed by atoms with Crippen molar-refractivity contribution < 1.29 is 23.1 Å². The van der Waals surface area contributed by atoms with Crippen LogP contribution in [-0.2, 0) is 11.0 Å². The molecule has 0 amide bonds. The molecule has 1 aliphatic rings. The van der Waals surface area contributed by atoms with Gasteiger partial charge in [0.2, 0.25) is 0 Å². The molecule has 0 unspecified atom stereocenters. The van der Waals surface area contributed by atoms with Gasteiger partial charge in [0.1, 0.15) is 0 Å². The van der Waals surface area contributed by atoms with Crippen LogP contribution < -0.4 is 0 Å². The van der Waals surface area contributed by atoms with Crippen LogP contribution in [0.4, 0.5) is 13.2 Å². The number of aliphatic carboxylic acids is 1. The summed E-state index contributed by atoms with van der Waals surface area (Å²) in [5.74, 6) is 6.33. The third-order valence-corrected chi connectivity index (χ3v) is 5.55. The van der Waals surface area contributed by atoms with Crippen LogP contribution in [0.15, 0.2) is 24.3 Å². The average molecular weight is 438 g/mol. The third kappa shape index (κ3) is 7.88. The van der Waals surface area contributed by atoms with Gasteiger partial charge in [0.25, 0.3) is 0 Å². The maximum absolute atomic E-state index is 13.0. The van der Waals surface area contributed by atoms with Gasteiger partial charge >= 0.3 is 12.1 Å².